The van der Waals surface area contributed by atoms with Gasteiger partial charge in [-0.2, -0.15) is 0 Å². The molecule has 20 heavy (non-hydrogen) atoms. The topological polar surface area (TPSA) is 59.2 Å². The van der Waals surface area contributed by atoms with E-state index in [1.54, 1.807) is 24.0 Å². The molecule has 1 aromatic carbocycles. The number of halogens is 1. The van der Waals surface area contributed by atoms with Gasteiger partial charge in [0.25, 0.3) is 5.91 Å². The van der Waals surface area contributed by atoms with Crippen molar-refractivity contribution in [3.8, 4) is 0 Å². The SMILES string of the molecule is Cc1nc2cc(F)ccc2cc1C(=O)N1CC[C@@H](N)C1. The van der Waals surface area contributed by atoms with Crippen molar-refractivity contribution < 1.29 is 9.18 Å². The van der Waals surface area contributed by atoms with Crippen molar-refractivity contribution in [2.24, 2.45) is 5.73 Å². The lowest BCUT2D eigenvalue weighted by Gasteiger charge is -2.17. The minimum atomic E-state index is -0.325. The van der Waals surface area contributed by atoms with Crippen LogP contribution in [0, 0.1) is 12.7 Å². The van der Waals surface area contributed by atoms with E-state index in [0.29, 0.717) is 29.9 Å². The average Bonchev–Trinajstić information content (AvgIpc) is 2.84. The lowest BCUT2D eigenvalue weighted by atomic mass is 10.1. The number of likely N-dealkylation sites (tertiary alicyclic amines) is 1. The van der Waals surface area contributed by atoms with Crippen molar-refractivity contribution in [3.63, 3.8) is 0 Å². The first-order chi connectivity index (χ1) is 9.54. The fourth-order valence-corrected chi connectivity index (χ4v) is 2.60. The van der Waals surface area contributed by atoms with Gasteiger partial charge in [0.1, 0.15) is 5.82 Å². The van der Waals surface area contributed by atoms with E-state index in [2.05, 4.69) is 4.98 Å². The normalized spacial score (nSPS) is 18.8. The molecular formula is C15H16FN3O. The van der Waals surface area contributed by atoms with Gasteiger partial charge in [0, 0.05) is 30.6 Å². The minimum Gasteiger partial charge on any atom is -0.337 e. The molecule has 1 aromatic heterocycles. The van der Waals surface area contributed by atoms with Gasteiger partial charge in [0.2, 0.25) is 0 Å². The summed E-state index contributed by atoms with van der Waals surface area (Å²) in [6, 6.07) is 6.23. The predicted molar refractivity (Wildman–Crippen MR) is 74.9 cm³/mol. The Morgan fingerprint density at radius 1 is 1.45 bits per heavy atom. The molecule has 104 valence electrons. The molecule has 2 heterocycles. The first-order valence-corrected chi connectivity index (χ1v) is 6.66. The van der Waals surface area contributed by atoms with E-state index in [4.69, 9.17) is 5.73 Å². The van der Waals surface area contributed by atoms with Crippen molar-refractivity contribution >= 4 is 16.8 Å². The summed E-state index contributed by atoms with van der Waals surface area (Å²) in [6.45, 7) is 3.04. The summed E-state index contributed by atoms with van der Waals surface area (Å²) in [4.78, 5) is 18.6. The Morgan fingerprint density at radius 3 is 2.95 bits per heavy atom. The number of hydrogen-bond donors (Lipinski definition) is 1. The van der Waals surface area contributed by atoms with Crippen molar-refractivity contribution in [2.75, 3.05) is 13.1 Å². The largest absolute Gasteiger partial charge is 0.337 e. The number of hydrogen-bond acceptors (Lipinski definition) is 3. The summed E-state index contributed by atoms with van der Waals surface area (Å²) in [5.74, 6) is -0.372. The molecule has 1 saturated heterocycles. The second-order valence-corrected chi connectivity index (χ2v) is 5.26. The maximum Gasteiger partial charge on any atom is 0.255 e. The number of benzene rings is 1. The molecule has 2 aromatic rings. The molecule has 0 aliphatic carbocycles. The molecule has 0 spiro atoms. The van der Waals surface area contributed by atoms with Crippen molar-refractivity contribution in [1.82, 2.24) is 9.88 Å². The minimum absolute atomic E-state index is 0.0471. The van der Waals surface area contributed by atoms with E-state index in [1.165, 1.54) is 12.1 Å². The highest BCUT2D eigenvalue weighted by Gasteiger charge is 2.26. The second-order valence-electron chi connectivity index (χ2n) is 5.26. The third-order valence-electron chi connectivity index (χ3n) is 3.71. The third-order valence-corrected chi connectivity index (χ3v) is 3.71. The number of rotatable bonds is 1. The number of carbonyl (C=O) groups is 1. The number of fused-ring (bicyclic) bond motifs is 1. The molecule has 0 unspecified atom stereocenters. The van der Waals surface area contributed by atoms with E-state index in [1.807, 2.05) is 0 Å². The van der Waals surface area contributed by atoms with Gasteiger partial charge in [-0.15, -0.1) is 0 Å². The zero-order valence-corrected chi connectivity index (χ0v) is 11.3. The zero-order chi connectivity index (χ0) is 14.3. The Morgan fingerprint density at radius 2 is 2.25 bits per heavy atom. The molecule has 1 aliphatic rings. The molecule has 4 nitrogen and oxygen atoms in total. The van der Waals surface area contributed by atoms with Gasteiger partial charge in [0.15, 0.2) is 0 Å². The van der Waals surface area contributed by atoms with Crippen molar-refractivity contribution in [3.05, 3.63) is 41.3 Å². The van der Waals surface area contributed by atoms with Crippen LogP contribution in [-0.4, -0.2) is 34.9 Å². The van der Waals surface area contributed by atoms with E-state index >= 15 is 0 Å². The van der Waals surface area contributed by atoms with Crippen LogP contribution in [0.4, 0.5) is 4.39 Å². The van der Waals surface area contributed by atoms with Gasteiger partial charge in [0.05, 0.1) is 16.8 Å². The highest BCUT2D eigenvalue weighted by Crippen LogP contribution is 2.20. The Kier molecular flexibility index (Phi) is 3.14. The number of amides is 1. The summed E-state index contributed by atoms with van der Waals surface area (Å²) >= 11 is 0. The quantitative estimate of drug-likeness (QED) is 0.862. The first-order valence-electron chi connectivity index (χ1n) is 6.66. The zero-order valence-electron chi connectivity index (χ0n) is 11.3. The van der Waals surface area contributed by atoms with Crippen LogP contribution in [0.15, 0.2) is 24.3 Å². The summed E-state index contributed by atoms with van der Waals surface area (Å²) < 4.78 is 13.2. The molecule has 5 heteroatoms. The molecule has 1 amide bonds. The summed E-state index contributed by atoms with van der Waals surface area (Å²) in [6.07, 6.45) is 0.830. The number of aryl methyl sites for hydroxylation is 1. The molecule has 0 radical (unpaired) electrons. The standard InChI is InChI=1S/C15H16FN3O/c1-9-13(15(20)19-5-4-12(17)8-19)6-10-2-3-11(16)7-14(10)18-9/h2-3,6-7,12H,4-5,8,17H2,1H3/t12-/m1/s1. The Balaban J connectivity index is 2.01. The van der Waals surface area contributed by atoms with Crippen LogP contribution in [0.3, 0.4) is 0 Å². The summed E-state index contributed by atoms with van der Waals surface area (Å²) in [5.41, 5.74) is 7.59. The van der Waals surface area contributed by atoms with E-state index in [9.17, 15) is 9.18 Å². The number of nitrogens with zero attached hydrogens (tertiary/aromatic N) is 2. The van der Waals surface area contributed by atoms with Crippen molar-refractivity contribution in [2.45, 2.75) is 19.4 Å². The predicted octanol–water partition coefficient (Wildman–Crippen LogP) is 1.86. The third kappa shape index (κ3) is 2.25. The molecule has 1 aliphatic heterocycles. The van der Waals surface area contributed by atoms with Gasteiger partial charge >= 0.3 is 0 Å². The fourth-order valence-electron chi connectivity index (χ4n) is 2.60. The lowest BCUT2D eigenvalue weighted by Crippen LogP contribution is -2.32. The number of carbonyl (C=O) groups excluding carboxylic acids is 1. The van der Waals surface area contributed by atoms with Gasteiger partial charge in [-0.25, -0.2) is 4.39 Å². The van der Waals surface area contributed by atoms with Crippen molar-refractivity contribution in [1.29, 1.82) is 0 Å². The Labute approximate surface area is 116 Å². The fraction of sp³-hybridized carbons (Fsp3) is 0.333. The van der Waals surface area contributed by atoms with Crippen LogP contribution in [0.2, 0.25) is 0 Å². The molecule has 1 fully saturated rings. The van der Waals surface area contributed by atoms with Crippen LogP contribution < -0.4 is 5.73 Å². The van der Waals surface area contributed by atoms with Crippen LogP contribution in [0.25, 0.3) is 10.9 Å². The summed E-state index contributed by atoms with van der Waals surface area (Å²) in [7, 11) is 0. The van der Waals surface area contributed by atoms with Crippen LogP contribution in [0.1, 0.15) is 22.5 Å². The number of nitrogens with two attached hydrogens (primary N) is 1. The highest BCUT2D eigenvalue weighted by molar-refractivity contribution is 5.98. The molecule has 1 atom stereocenters. The Hall–Kier alpha value is -2.01. The van der Waals surface area contributed by atoms with Gasteiger partial charge in [-0.1, -0.05) is 0 Å². The smallest absolute Gasteiger partial charge is 0.255 e. The van der Waals surface area contributed by atoms with Gasteiger partial charge < -0.3 is 10.6 Å². The van der Waals surface area contributed by atoms with Gasteiger partial charge in [-0.3, -0.25) is 9.78 Å². The molecule has 0 bridgehead atoms. The van der Waals surface area contributed by atoms with Crippen LogP contribution in [0.5, 0.6) is 0 Å². The van der Waals surface area contributed by atoms with Crippen LogP contribution in [-0.2, 0) is 0 Å². The molecule has 2 N–H and O–H groups in total. The maximum absolute atomic E-state index is 13.2. The van der Waals surface area contributed by atoms with Crippen LogP contribution >= 0.6 is 0 Å². The van der Waals surface area contributed by atoms with E-state index < -0.39 is 0 Å². The number of pyridine rings is 1. The molecule has 0 saturated carbocycles. The van der Waals surface area contributed by atoms with E-state index in [0.717, 1.165) is 11.8 Å². The molecular weight excluding hydrogens is 257 g/mol. The average molecular weight is 273 g/mol. The first kappa shape index (κ1) is 13.0. The monoisotopic (exact) mass is 273 g/mol. The highest BCUT2D eigenvalue weighted by atomic mass is 19.1. The Bertz CT molecular complexity index is 686. The lowest BCUT2D eigenvalue weighted by molar-refractivity contribution is 0.0790. The van der Waals surface area contributed by atoms with E-state index in [-0.39, 0.29) is 17.8 Å². The summed E-state index contributed by atoms with van der Waals surface area (Å²) in [5, 5.41) is 0.767. The second kappa shape index (κ2) is 4.83. The van der Waals surface area contributed by atoms with Gasteiger partial charge in [-0.05, 0) is 31.5 Å². The number of aromatic nitrogens is 1. The molecule has 3 rings (SSSR count). The maximum atomic E-state index is 13.2.